The van der Waals surface area contributed by atoms with Gasteiger partial charge < -0.3 is 10.1 Å². The molecule has 0 aliphatic carbocycles. The Morgan fingerprint density at radius 1 is 1.00 bits per heavy atom. The molecular weight excluding hydrogens is 547 g/mol. The van der Waals surface area contributed by atoms with E-state index in [1.807, 2.05) is 60.7 Å². The molecule has 0 radical (unpaired) electrons. The van der Waals surface area contributed by atoms with Crippen molar-refractivity contribution in [3.63, 3.8) is 0 Å². The van der Waals surface area contributed by atoms with Gasteiger partial charge in [-0.25, -0.2) is 0 Å². The number of nitrogens with one attached hydrogen (secondary N) is 1. The number of hydrogen-bond acceptors (Lipinski definition) is 3. The van der Waals surface area contributed by atoms with Crippen molar-refractivity contribution in [2.75, 3.05) is 26.2 Å². The van der Waals surface area contributed by atoms with Crippen LogP contribution in [0.1, 0.15) is 30.0 Å². The SMILES string of the molecule is O=C(NC(c1ccc(Cl)cc1)c1cccc(I)c1)C1CCN(CCOc2ccccc2)CC1. The lowest BCUT2D eigenvalue weighted by molar-refractivity contribution is -0.127. The highest BCUT2D eigenvalue weighted by atomic mass is 127. The lowest BCUT2D eigenvalue weighted by atomic mass is 9.93. The van der Waals surface area contributed by atoms with E-state index in [9.17, 15) is 4.79 Å². The van der Waals surface area contributed by atoms with Gasteiger partial charge in [-0.05, 0) is 96.0 Å². The Labute approximate surface area is 214 Å². The summed E-state index contributed by atoms with van der Waals surface area (Å²) in [5.74, 6) is 1.04. The summed E-state index contributed by atoms with van der Waals surface area (Å²) in [6.45, 7) is 3.35. The first kappa shape index (κ1) is 24.0. The molecule has 0 saturated carbocycles. The van der Waals surface area contributed by atoms with Crippen molar-refractivity contribution in [3.05, 3.63) is 98.6 Å². The number of likely N-dealkylation sites (tertiary alicyclic amines) is 1. The third-order valence-corrected chi connectivity index (χ3v) is 6.97. The molecule has 1 aliphatic heterocycles. The lowest BCUT2D eigenvalue weighted by Gasteiger charge is -2.32. The van der Waals surface area contributed by atoms with E-state index in [4.69, 9.17) is 16.3 Å². The van der Waals surface area contributed by atoms with Gasteiger partial charge in [0.2, 0.25) is 5.91 Å². The van der Waals surface area contributed by atoms with Crippen molar-refractivity contribution in [1.82, 2.24) is 10.2 Å². The smallest absolute Gasteiger partial charge is 0.223 e. The normalized spacial score (nSPS) is 15.7. The Morgan fingerprint density at radius 2 is 1.73 bits per heavy atom. The first-order valence-electron chi connectivity index (χ1n) is 11.3. The van der Waals surface area contributed by atoms with Crippen molar-refractivity contribution >= 4 is 40.1 Å². The molecule has 172 valence electrons. The molecule has 4 rings (SSSR count). The van der Waals surface area contributed by atoms with Gasteiger partial charge in [-0.1, -0.05) is 54.1 Å². The number of ether oxygens (including phenoxy) is 1. The average Bonchev–Trinajstić information content (AvgIpc) is 2.84. The summed E-state index contributed by atoms with van der Waals surface area (Å²) in [5.41, 5.74) is 2.11. The van der Waals surface area contributed by atoms with E-state index in [0.29, 0.717) is 11.6 Å². The molecule has 1 heterocycles. The van der Waals surface area contributed by atoms with Crippen LogP contribution in [-0.4, -0.2) is 37.0 Å². The standard InChI is InChI=1S/C27H28ClIN2O2/c28-23-11-9-20(10-12-23)26(22-5-4-6-24(29)19-22)30-27(32)21-13-15-31(16-14-21)17-18-33-25-7-2-1-3-8-25/h1-12,19,21,26H,13-18H2,(H,30,32). The number of piperidine rings is 1. The maximum atomic E-state index is 13.2. The predicted octanol–water partition coefficient (Wildman–Crippen LogP) is 5.94. The summed E-state index contributed by atoms with van der Waals surface area (Å²) in [6, 6.07) is 25.7. The second-order valence-electron chi connectivity index (χ2n) is 8.33. The van der Waals surface area contributed by atoms with E-state index in [-0.39, 0.29) is 17.9 Å². The van der Waals surface area contributed by atoms with Gasteiger partial charge in [0.15, 0.2) is 0 Å². The minimum Gasteiger partial charge on any atom is -0.492 e. The number of rotatable bonds is 8. The van der Waals surface area contributed by atoms with Crippen molar-refractivity contribution in [2.45, 2.75) is 18.9 Å². The minimum atomic E-state index is -0.193. The summed E-state index contributed by atoms with van der Waals surface area (Å²) in [7, 11) is 0. The largest absolute Gasteiger partial charge is 0.492 e. The summed E-state index contributed by atoms with van der Waals surface area (Å²) in [5, 5.41) is 4.01. The fourth-order valence-corrected chi connectivity index (χ4v) is 4.88. The molecule has 0 bridgehead atoms. The Hall–Kier alpha value is -2.09. The van der Waals surface area contributed by atoms with Crippen molar-refractivity contribution < 1.29 is 9.53 Å². The maximum absolute atomic E-state index is 13.2. The number of hydrogen-bond donors (Lipinski definition) is 1. The third-order valence-electron chi connectivity index (χ3n) is 6.05. The van der Waals surface area contributed by atoms with Crippen molar-refractivity contribution in [2.24, 2.45) is 5.92 Å². The van der Waals surface area contributed by atoms with Crippen LogP contribution in [0.25, 0.3) is 0 Å². The van der Waals surface area contributed by atoms with Gasteiger partial charge >= 0.3 is 0 Å². The molecule has 33 heavy (non-hydrogen) atoms. The topological polar surface area (TPSA) is 41.6 Å². The van der Waals surface area contributed by atoms with E-state index in [1.54, 1.807) is 0 Å². The van der Waals surface area contributed by atoms with Crippen LogP contribution in [0.5, 0.6) is 5.75 Å². The summed E-state index contributed by atoms with van der Waals surface area (Å²) in [4.78, 5) is 15.6. The zero-order valence-corrected chi connectivity index (χ0v) is 21.3. The number of carbonyl (C=O) groups is 1. The highest BCUT2D eigenvalue weighted by Crippen LogP contribution is 2.27. The van der Waals surface area contributed by atoms with E-state index in [0.717, 1.165) is 52.9 Å². The number of halogens is 2. The predicted molar refractivity (Wildman–Crippen MR) is 142 cm³/mol. The highest BCUT2D eigenvalue weighted by molar-refractivity contribution is 14.1. The monoisotopic (exact) mass is 574 g/mol. The molecular formula is C27H28ClIN2O2. The minimum absolute atomic E-state index is 0.0221. The van der Waals surface area contributed by atoms with E-state index in [2.05, 4.69) is 51.0 Å². The molecule has 4 nitrogen and oxygen atoms in total. The lowest BCUT2D eigenvalue weighted by Crippen LogP contribution is -2.42. The Morgan fingerprint density at radius 3 is 2.42 bits per heavy atom. The van der Waals surface area contributed by atoms with Crippen LogP contribution >= 0.6 is 34.2 Å². The molecule has 0 aromatic heterocycles. The van der Waals surface area contributed by atoms with E-state index >= 15 is 0 Å². The van der Waals surface area contributed by atoms with Crippen LogP contribution < -0.4 is 10.1 Å². The van der Waals surface area contributed by atoms with Crippen LogP contribution in [0, 0.1) is 9.49 Å². The van der Waals surface area contributed by atoms with E-state index in [1.165, 1.54) is 0 Å². The van der Waals surface area contributed by atoms with Crippen LogP contribution in [0.3, 0.4) is 0 Å². The van der Waals surface area contributed by atoms with Gasteiger partial charge in [-0.15, -0.1) is 0 Å². The average molecular weight is 575 g/mol. The van der Waals surface area contributed by atoms with Gasteiger partial charge in [0.1, 0.15) is 12.4 Å². The fraction of sp³-hybridized carbons (Fsp3) is 0.296. The number of benzene rings is 3. The maximum Gasteiger partial charge on any atom is 0.223 e. The number of carbonyl (C=O) groups excluding carboxylic acids is 1. The molecule has 1 saturated heterocycles. The number of amides is 1. The number of nitrogens with zero attached hydrogens (tertiary/aromatic N) is 1. The Bertz CT molecular complexity index is 1040. The first-order valence-corrected chi connectivity index (χ1v) is 12.8. The zero-order valence-electron chi connectivity index (χ0n) is 18.4. The molecule has 3 aromatic rings. The molecule has 1 amide bonds. The van der Waals surface area contributed by atoms with Gasteiger partial charge in [0.25, 0.3) is 0 Å². The van der Waals surface area contributed by atoms with Crippen LogP contribution in [0.2, 0.25) is 5.02 Å². The van der Waals surface area contributed by atoms with E-state index < -0.39 is 0 Å². The molecule has 6 heteroatoms. The fourth-order valence-electron chi connectivity index (χ4n) is 4.19. The highest BCUT2D eigenvalue weighted by Gasteiger charge is 2.27. The Balaban J connectivity index is 1.33. The quantitative estimate of drug-likeness (QED) is 0.339. The molecule has 1 unspecified atom stereocenters. The summed E-state index contributed by atoms with van der Waals surface area (Å²) < 4.78 is 6.96. The molecule has 1 N–H and O–H groups in total. The van der Waals surface area contributed by atoms with Crippen LogP contribution in [0.4, 0.5) is 0 Å². The second kappa shape index (κ2) is 11.9. The van der Waals surface area contributed by atoms with Gasteiger partial charge in [-0.2, -0.15) is 0 Å². The molecule has 1 atom stereocenters. The van der Waals surface area contributed by atoms with Crippen LogP contribution in [-0.2, 0) is 4.79 Å². The van der Waals surface area contributed by atoms with Crippen molar-refractivity contribution in [1.29, 1.82) is 0 Å². The third kappa shape index (κ3) is 6.95. The molecule has 3 aromatic carbocycles. The summed E-state index contributed by atoms with van der Waals surface area (Å²) >= 11 is 8.41. The molecule has 1 aliphatic rings. The molecule has 1 fully saturated rings. The van der Waals surface area contributed by atoms with Gasteiger partial charge in [0, 0.05) is 21.1 Å². The second-order valence-corrected chi connectivity index (χ2v) is 10.0. The number of para-hydroxylation sites is 1. The molecule has 0 spiro atoms. The Kier molecular flexibility index (Phi) is 8.64. The van der Waals surface area contributed by atoms with Crippen LogP contribution in [0.15, 0.2) is 78.9 Å². The zero-order chi connectivity index (χ0) is 23.0. The van der Waals surface area contributed by atoms with Gasteiger partial charge in [0.05, 0.1) is 6.04 Å². The summed E-state index contributed by atoms with van der Waals surface area (Å²) in [6.07, 6.45) is 1.72. The van der Waals surface area contributed by atoms with Gasteiger partial charge in [-0.3, -0.25) is 9.69 Å². The first-order chi connectivity index (χ1) is 16.1. The van der Waals surface area contributed by atoms with Crippen molar-refractivity contribution in [3.8, 4) is 5.75 Å².